The number of rotatable bonds is 7. The molecule has 1 amide bonds. The van der Waals surface area contributed by atoms with E-state index in [1.54, 1.807) is 23.6 Å². The molecule has 2 aliphatic rings. The van der Waals surface area contributed by atoms with Crippen molar-refractivity contribution in [3.05, 3.63) is 81.2 Å². The first-order valence-corrected chi connectivity index (χ1v) is 13.7. The third kappa shape index (κ3) is 5.52. The van der Waals surface area contributed by atoms with Gasteiger partial charge in [0.2, 0.25) is 0 Å². The fourth-order valence-corrected chi connectivity index (χ4v) is 6.37. The molecular weight excluding hydrogens is 466 g/mol. The van der Waals surface area contributed by atoms with E-state index in [9.17, 15) is 10.1 Å². The van der Waals surface area contributed by atoms with Gasteiger partial charge in [0, 0.05) is 28.3 Å². The maximum atomic E-state index is 13.4. The van der Waals surface area contributed by atoms with E-state index in [0.717, 1.165) is 53.8 Å². The minimum atomic E-state index is 0.0334. The van der Waals surface area contributed by atoms with Crippen LogP contribution in [0.4, 0.5) is 5.00 Å². The summed E-state index contributed by atoms with van der Waals surface area (Å²) in [5, 5.41) is 13.5. The van der Waals surface area contributed by atoms with Gasteiger partial charge in [-0.05, 0) is 62.3 Å². The quantitative estimate of drug-likeness (QED) is 0.361. The van der Waals surface area contributed by atoms with Crippen LogP contribution in [0, 0.1) is 11.3 Å². The van der Waals surface area contributed by atoms with Gasteiger partial charge in [-0.15, -0.1) is 11.3 Å². The Morgan fingerprint density at radius 1 is 1.06 bits per heavy atom. The predicted molar refractivity (Wildman–Crippen MR) is 144 cm³/mol. The lowest BCUT2D eigenvalue weighted by Gasteiger charge is -2.23. The molecular formula is C30H31N3O2S. The molecule has 0 saturated heterocycles. The van der Waals surface area contributed by atoms with Crippen molar-refractivity contribution in [2.45, 2.75) is 70.4 Å². The molecule has 0 radical (unpaired) electrons. The molecule has 5 rings (SSSR count). The third-order valence-electron chi connectivity index (χ3n) is 7.08. The lowest BCUT2D eigenvalue weighted by atomic mass is 9.93. The van der Waals surface area contributed by atoms with Crippen LogP contribution in [-0.4, -0.2) is 18.2 Å². The number of aliphatic imine (C=N–C) groups is 1. The average Bonchev–Trinajstić information content (AvgIpc) is 3.30. The number of nitriles is 1. The van der Waals surface area contributed by atoms with Gasteiger partial charge in [0.05, 0.1) is 17.2 Å². The van der Waals surface area contributed by atoms with E-state index in [2.05, 4.69) is 11.4 Å². The summed E-state index contributed by atoms with van der Waals surface area (Å²) in [6.45, 7) is 0.303. The van der Waals surface area contributed by atoms with E-state index in [0.29, 0.717) is 17.9 Å². The number of fused-ring (bicyclic) bond motifs is 1. The number of carbonyl (C=O) groups is 1. The Morgan fingerprint density at radius 2 is 1.83 bits per heavy atom. The minimum absolute atomic E-state index is 0.0334. The van der Waals surface area contributed by atoms with Crippen molar-refractivity contribution < 1.29 is 9.53 Å². The first kappa shape index (κ1) is 24.3. The Labute approximate surface area is 216 Å². The van der Waals surface area contributed by atoms with E-state index in [4.69, 9.17) is 9.73 Å². The molecule has 1 heterocycles. The lowest BCUT2D eigenvalue weighted by molar-refractivity contribution is 0.0927. The number of thiophene rings is 1. The van der Waals surface area contributed by atoms with Gasteiger partial charge in [0.15, 0.2) is 0 Å². The summed E-state index contributed by atoms with van der Waals surface area (Å²) in [5.41, 5.74) is 4.28. The van der Waals surface area contributed by atoms with E-state index in [1.807, 2.05) is 42.5 Å². The van der Waals surface area contributed by atoms with Crippen molar-refractivity contribution in [2.75, 3.05) is 0 Å². The van der Waals surface area contributed by atoms with Gasteiger partial charge in [0.1, 0.15) is 17.4 Å². The van der Waals surface area contributed by atoms with Crippen molar-refractivity contribution in [3.63, 3.8) is 0 Å². The maximum Gasteiger partial charge on any atom is 0.254 e. The number of hydrogen-bond acceptors (Lipinski definition) is 5. The Kier molecular flexibility index (Phi) is 7.78. The highest BCUT2D eigenvalue weighted by Crippen LogP contribution is 2.40. The fourth-order valence-electron chi connectivity index (χ4n) is 5.14. The molecule has 2 aromatic carbocycles. The number of para-hydroxylation sites is 1. The molecule has 0 unspecified atom stereocenters. The first-order valence-electron chi connectivity index (χ1n) is 12.9. The number of nitrogens with zero attached hydrogens (tertiary/aromatic N) is 2. The van der Waals surface area contributed by atoms with Gasteiger partial charge < -0.3 is 10.1 Å². The number of aryl methyl sites for hydroxylation is 1. The summed E-state index contributed by atoms with van der Waals surface area (Å²) >= 11 is 1.66. The summed E-state index contributed by atoms with van der Waals surface area (Å²) in [4.78, 5) is 19.6. The molecule has 36 heavy (non-hydrogen) atoms. The van der Waals surface area contributed by atoms with Gasteiger partial charge in [0.25, 0.3) is 5.91 Å². The minimum Gasteiger partial charge on any atom is -0.488 e. The molecule has 3 aromatic rings. The Bertz CT molecular complexity index is 1300. The summed E-state index contributed by atoms with van der Waals surface area (Å²) in [5.74, 6) is 0.731. The average molecular weight is 498 g/mol. The van der Waals surface area contributed by atoms with Crippen molar-refractivity contribution in [3.8, 4) is 11.8 Å². The number of hydrogen-bond donors (Lipinski definition) is 1. The molecule has 2 aliphatic carbocycles. The second-order valence-corrected chi connectivity index (χ2v) is 10.6. The van der Waals surface area contributed by atoms with Crippen LogP contribution >= 0.6 is 11.3 Å². The Hall–Kier alpha value is -3.43. The molecule has 1 aromatic heterocycles. The number of carbonyl (C=O) groups excluding carboxylic acids is 1. The van der Waals surface area contributed by atoms with Crippen LogP contribution in [0.15, 0.2) is 53.5 Å². The SMILES string of the molecule is N#Cc1ccccc1COc1ccccc1C=Nc1sc2c(c1C(=O)NC1CCCCC1)CCCC2. The van der Waals surface area contributed by atoms with E-state index < -0.39 is 0 Å². The highest BCUT2D eigenvalue weighted by atomic mass is 32.1. The summed E-state index contributed by atoms with van der Waals surface area (Å²) in [6, 6.07) is 17.7. The smallest absolute Gasteiger partial charge is 0.254 e. The molecule has 6 heteroatoms. The van der Waals surface area contributed by atoms with Crippen LogP contribution in [0.1, 0.15) is 82.4 Å². The van der Waals surface area contributed by atoms with Crippen LogP contribution in [-0.2, 0) is 19.4 Å². The van der Waals surface area contributed by atoms with Crippen LogP contribution in [0.25, 0.3) is 0 Å². The maximum absolute atomic E-state index is 13.4. The lowest BCUT2D eigenvalue weighted by Crippen LogP contribution is -2.36. The van der Waals surface area contributed by atoms with Gasteiger partial charge in [-0.2, -0.15) is 5.26 Å². The largest absolute Gasteiger partial charge is 0.488 e. The molecule has 0 atom stereocenters. The third-order valence-corrected chi connectivity index (χ3v) is 8.28. The van der Waals surface area contributed by atoms with Gasteiger partial charge in [-0.1, -0.05) is 49.6 Å². The predicted octanol–water partition coefficient (Wildman–Crippen LogP) is 6.89. The van der Waals surface area contributed by atoms with Crippen LogP contribution in [0.2, 0.25) is 0 Å². The van der Waals surface area contributed by atoms with E-state index in [1.165, 1.54) is 36.1 Å². The fraction of sp³-hybridized carbons (Fsp3) is 0.367. The second kappa shape index (κ2) is 11.5. The number of amides is 1. The van der Waals surface area contributed by atoms with Crippen LogP contribution < -0.4 is 10.1 Å². The molecule has 1 saturated carbocycles. The van der Waals surface area contributed by atoms with Gasteiger partial charge in [-0.25, -0.2) is 4.99 Å². The molecule has 1 N–H and O–H groups in total. The van der Waals surface area contributed by atoms with E-state index >= 15 is 0 Å². The zero-order valence-electron chi connectivity index (χ0n) is 20.5. The number of ether oxygens (including phenoxy) is 1. The van der Waals surface area contributed by atoms with Crippen molar-refractivity contribution >= 4 is 28.5 Å². The number of nitrogens with one attached hydrogen (secondary N) is 1. The van der Waals surface area contributed by atoms with Crippen molar-refractivity contribution in [2.24, 2.45) is 4.99 Å². The monoisotopic (exact) mass is 497 g/mol. The summed E-state index contributed by atoms with van der Waals surface area (Å²) < 4.78 is 6.10. The topological polar surface area (TPSA) is 74.5 Å². The molecule has 0 aliphatic heterocycles. The van der Waals surface area contributed by atoms with Crippen LogP contribution in [0.3, 0.4) is 0 Å². The molecule has 1 fully saturated rings. The normalized spacial score (nSPS) is 15.9. The zero-order valence-corrected chi connectivity index (χ0v) is 21.3. The van der Waals surface area contributed by atoms with E-state index in [-0.39, 0.29) is 11.9 Å². The highest BCUT2D eigenvalue weighted by molar-refractivity contribution is 7.16. The standard InChI is InChI=1S/C30H31N3O2S/c31-18-21-10-4-5-12-23(21)20-35-26-16-8-6-11-22(26)19-32-30-28(25-15-7-9-17-27(25)36-30)29(34)33-24-13-2-1-3-14-24/h4-6,8,10-12,16,19,24H,1-3,7,9,13-15,17,20H2,(H,33,34). The first-order chi connectivity index (χ1) is 17.7. The zero-order chi connectivity index (χ0) is 24.7. The second-order valence-electron chi connectivity index (χ2n) is 9.55. The Balaban J connectivity index is 1.39. The molecule has 184 valence electrons. The molecule has 5 nitrogen and oxygen atoms in total. The van der Waals surface area contributed by atoms with Crippen molar-refractivity contribution in [1.82, 2.24) is 5.32 Å². The molecule has 0 spiro atoms. The van der Waals surface area contributed by atoms with Gasteiger partial charge in [-0.3, -0.25) is 4.79 Å². The summed E-state index contributed by atoms with van der Waals surface area (Å²) in [6.07, 6.45) is 11.8. The van der Waals surface area contributed by atoms with Crippen LogP contribution in [0.5, 0.6) is 5.75 Å². The molecule has 0 bridgehead atoms. The Morgan fingerprint density at radius 3 is 2.69 bits per heavy atom. The van der Waals surface area contributed by atoms with Gasteiger partial charge >= 0.3 is 0 Å². The highest BCUT2D eigenvalue weighted by Gasteiger charge is 2.27. The summed E-state index contributed by atoms with van der Waals surface area (Å²) in [7, 11) is 0. The number of benzene rings is 2. The van der Waals surface area contributed by atoms with Crippen molar-refractivity contribution in [1.29, 1.82) is 5.26 Å².